The van der Waals surface area contributed by atoms with Gasteiger partial charge in [0.1, 0.15) is 5.69 Å². The molecule has 0 aliphatic heterocycles. The van der Waals surface area contributed by atoms with Crippen LogP contribution in [0.2, 0.25) is 0 Å². The van der Waals surface area contributed by atoms with E-state index in [1.165, 1.54) is 0 Å². The number of nitro benzene ring substituents is 1. The Morgan fingerprint density at radius 1 is 1.39 bits per heavy atom. The summed E-state index contributed by atoms with van der Waals surface area (Å²) in [5.41, 5.74) is 0.0303. The Bertz CT molecular complexity index is 712. The lowest BCUT2D eigenvalue weighted by Crippen LogP contribution is -2.19. The number of hydrogen-bond donors (Lipinski definition) is 2. The zero-order chi connectivity index (χ0) is 17.2. The number of anilines is 1. The fraction of sp³-hybridized carbons (Fsp3) is 0.357. The minimum Gasteiger partial charge on any atom is -0.377 e. The van der Waals surface area contributed by atoms with Crippen LogP contribution >= 0.6 is 0 Å². The normalized spacial score (nSPS) is 12.9. The van der Waals surface area contributed by atoms with Crippen molar-refractivity contribution in [2.24, 2.45) is 0 Å². The molecule has 0 amide bonds. The molecule has 1 atom stereocenters. The molecular weight excluding hydrogens is 313 g/mol. The Morgan fingerprint density at radius 3 is 2.61 bits per heavy atom. The first-order valence-corrected chi connectivity index (χ1v) is 6.80. The predicted octanol–water partition coefficient (Wildman–Crippen LogP) is 3.69. The zero-order valence-corrected chi connectivity index (χ0v) is 12.4. The molecule has 0 saturated carbocycles. The van der Waals surface area contributed by atoms with E-state index in [0.29, 0.717) is 12.5 Å². The van der Waals surface area contributed by atoms with Crippen molar-refractivity contribution in [3.05, 3.63) is 51.3 Å². The van der Waals surface area contributed by atoms with Gasteiger partial charge in [-0.15, -0.1) is 0 Å². The minimum absolute atomic E-state index is 0.0442. The van der Waals surface area contributed by atoms with E-state index in [-0.39, 0.29) is 11.7 Å². The summed E-state index contributed by atoms with van der Waals surface area (Å²) in [6, 6.07) is 4.02. The van der Waals surface area contributed by atoms with Crippen LogP contribution in [0.25, 0.3) is 0 Å². The number of nitro groups is 1. The number of H-pyrrole nitrogens is 1. The van der Waals surface area contributed by atoms with Crippen LogP contribution in [0.15, 0.2) is 24.3 Å². The van der Waals surface area contributed by atoms with E-state index in [4.69, 9.17) is 0 Å². The molecular formula is C14H15F3N4O2. The van der Waals surface area contributed by atoms with E-state index in [1.54, 1.807) is 6.92 Å². The van der Waals surface area contributed by atoms with Gasteiger partial charge in [-0.2, -0.15) is 18.3 Å². The van der Waals surface area contributed by atoms with Gasteiger partial charge >= 0.3 is 6.18 Å². The zero-order valence-electron chi connectivity index (χ0n) is 12.4. The first-order chi connectivity index (χ1) is 10.7. The van der Waals surface area contributed by atoms with Gasteiger partial charge < -0.3 is 5.32 Å². The van der Waals surface area contributed by atoms with Crippen LogP contribution in [0.4, 0.5) is 24.5 Å². The highest BCUT2D eigenvalue weighted by molar-refractivity contribution is 5.63. The molecule has 0 spiro atoms. The summed E-state index contributed by atoms with van der Waals surface area (Å²) in [5, 5.41) is 20.7. The Labute approximate surface area is 129 Å². The number of nitrogens with zero attached hydrogens (tertiary/aromatic N) is 2. The van der Waals surface area contributed by atoms with E-state index in [2.05, 4.69) is 15.5 Å². The highest BCUT2D eigenvalue weighted by Gasteiger charge is 2.33. The summed E-state index contributed by atoms with van der Waals surface area (Å²) in [6.07, 6.45) is -4.15. The average molecular weight is 328 g/mol. The lowest BCUT2D eigenvalue weighted by atomic mass is 10.1. The molecule has 1 heterocycles. The van der Waals surface area contributed by atoms with Gasteiger partial charge in [0, 0.05) is 24.2 Å². The monoisotopic (exact) mass is 328 g/mol. The standard InChI is InChI=1S/C14H15F3N4O2/c1-8(5-11-6-9(2)19-20-11)18-12-4-3-10(14(15,16)17)7-13(12)21(22)23/h3-4,6-8,18H,5H2,1-2H3,(H,19,20). The molecule has 2 N–H and O–H groups in total. The maximum absolute atomic E-state index is 12.7. The third kappa shape index (κ3) is 4.21. The quantitative estimate of drug-likeness (QED) is 0.647. The molecule has 0 aliphatic carbocycles. The van der Waals surface area contributed by atoms with Crippen LogP contribution in [-0.4, -0.2) is 21.2 Å². The fourth-order valence-corrected chi connectivity index (χ4v) is 2.19. The smallest absolute Gasteiger partial charge is 0.377 e. The van der Waals surface area contributed by atoms with Crippen molar-refractivity contribution in [1.29, 1.82) is 0 Å². The van der Waals surface area contributed by atoms with Crippen molar-refractivity contribution < 1.29 is 18.1 Å². The lowest BCUT2D eigenvalue weighted by molar-refractivity contribution is -0.384. The Hall–Kier alpha value is -2.58. The van der Waals surface area contributed by atoms with Gasteiger partial charge in [0.05, 0.1) is 16.2 Å². The summed E-state index contributed by atoms with van der Waals surface area (Å²) in [4.78, 5) is 10.2. The molecule has 9 heteroatoms. The number of aryl methyl sites for hydroxylation is 1. The van der Waals surface area contributed by atoms with E-state index in [0.717, 1.165) is 23.5 Å². The average Bonchev–Trinajstić information content (AvgIpc) is 2.82. The number of benzene rings is 1. The van der Waals surface area contributed by atoms with Crippen molar-refractivity contribution in [3.63, 3.8) is 0 Å². The van der Waals surface area contributed by atoms with Crippen LogP contribution in [0.3, 0.4) is 0 Å². The van der Waals surface area contributed by atoms with Crippen molar-refractivity contribution in [3.8, 4) is 0 Å². The largest absolute Gasteiger partial charge is 0.416 e. The molecule has 0 fully saturated rings. The van der Waals surface area contributed by atoms with Crippen molar-refractivity contribution in [2.75, 3.05) is 5.32 Å². The maximum Gasteiger partial charge on any atom is 0.416 e. The van der Waals surface area contributed by atoms with Crippen molar-refractivity contribution in [1.82, 2.24) is 10.2 Å². The predicted molar refractivity (Wildman–Crippen MR) is 78.2 cm³/mol. The topological polar surface area (TPSA) is 83.8 Å². The molecule has 2 rings (SSSR count). The Morgan fingerprint density at radius 2 is 2.09 bits per heavy atom. The maximum atomic E-state index is 12.7. The molecule has 124 valence electrons. The van der Waals surface area contributed by atoms with Crippen molar-refractivity contribution >= 4 is 11.4 Å². The molecule has 2 aromatic rings. The van der Waals surface area contributed by atoms with E-state index >= 15 is 0 Å². The van der Waals surface area contributed by atoms with Gasteiger partial charge in [-0.25, -0.2) is 0 Å². The number of hydrogen-bond acceptors (Lipinski definition) is 4. The third-order valence-electron chi connectivity index (χ3n) is 3.20. The summed E-state index contributed by atoms with van der Waals surface area (Å²) in [7, 11) is 0. The summed E-state index contributed by atoms with van der Waals surface area (Å²) < 4.78 is 38.0. The lowest BCUT2D eigenvalue weighted by Gasteiger charge is -2.15. The number of alkyl halides is 3. The third-order valence-corrected chi connectivity index (χ3v) is 3.20. The number of aromatic nitrogens is 2. The van der Waals surface area contributed by atoms with Gasteiger partial charge in [-0.3, -0.25) is 15.2 Å². The Kier molecular flexibility index (Phi) is 4.57. The molecule has 0 bridgehead atoms. The van der Waals surface area contributed by atoms with E-state index in [9.17, 15) is 23.3 Å². The van der Waals surface area contributed by atoms with Gasteiger partial charge in [0.15, 0.2) is 0 Å². The van der Waals surface area contributed by atoms with Crippen LogP contribution < -0.4 is 5.32 Å². The second-order valence-corrected chi connectivity index (χ2v) is 5.28. The number of halogens is 3. The van der Waals surface area contributed by atoms with E-state index < -0.39 is 22.4 Å². The number of aromatic amines is 1. The number of rotatable bonds is 5. The summed E-state index contributed by atoms with van der Waals surface area (Å²) in [5.74, 6) is 0. The first kappa shape index (κ1) is 16.8. The molecule has 1 aromatic heterocycles. The van der Waals surface area contributed by atoms with Gasteiger partial charge in [0.25, 0.3) is 5.69 Å². The molecule has 0 aliphatic rings. The SMILES string of the molecule is Cc1cc(CC(C)Nc2ccc(C(F)(F)F)cc2[N+](=O)[O-])n[nH]1. The molecule has 6 nitrogen and oxygen atoms in total. The molecule has 23 heavy (non-hydrogen) atoms. The summed E-state index contributed by atoms with van der Waals surface area (Å²) >= 11 is 0. The second-order valence-electron chi connectivity index (χ2n) is 5.28. The number of nitrogens with one attached hydrogen (secondary N) is 2. The minimum atomic E-state index is -4.62. The highest BCUT2D eigenvalue weighted by Crippen LogP contribution is 2.35. The first-order valence-electron chi connectivity index (χ1n) is 6.80. The van der Waals surface area contributed by atoms with Crippen LogP contribution in [0.1, 0.15) is 23.9 Å². The summed E-state index contributed by atoms with van der Waals surface area (Å²) in [6.45, 7) is 3.61. The van der Waals surface area contributed by atoms with Gasteiger partial charge in [0.2, 0.25) is 0 Å². The van der Waals surface area contributed by atoms with Gasteiger partial charge in [-0.1, -0.05) is 0 Å². The molecule has 0 saturated heterocycles. The van der Waals surface area contributed by atoms with Crippen molar-refractivity contribution in [2.45, 2.75) is 32.5 Å². The molecule has 1 unspecified atom stereocenters. The fourth-order valence-electron chi connectivity index (χ4n) is 2.19. The molecule has 1 aromatic carbocycles. The second kappa shape index (κ2) is 6.27. The van der Waals surface area contributed by atoms with E-state index in [1.807, 2.05) is 13.0 Å². The Balaban J connectivity index is 2.19. The van der Waals surface area contributed by atoms with Crippen LogP contribution in [0.5, 0.6) is 0 Å². The highest BCUT2D eigenvalue weighted by atomic mass is 19.4. The molecule has 0 radical (unpaired) electrons. The van der Waals surface area contributed by atoms with Crippen LogP contribution in [-0.2, 0) is 12.6 Å². The van der Waals surface area contributed by atoms with Gasteiger partial charge in [-0.05, 0) is 32.0 Å². The van der Waals surface area contributed by atoms with Crippen LogP contribution in [0, 0.1) is 17.0 Å².